The highest BCUT2D eigenvalue weighted by Crippen LogP contribution is 2.39. The van der Waals surface area contributed by atoms with Gasteiger partial charge in [-0.25, -0.2) is 4.98 Å². The van der Waals surface area contributed by atoms with Crippen LogP contribution in [-0.2, 0) is 9.59 Å². The number of nitrogens with zero attached hydrogens (tertiary/aromatic N) is 1. The van der Waals surface area contributed by atoms with E-state index in [1.54, 1.807) is 0 Å². The van der Waals surface area contributed by atoms with Crippen LogP contribution in [0.5, 0.6) is 0 Å². The molecule has 1 unspecified atom stereocenters. The molecular formula is C13H13NO4S2. The molecule has 106 valence electrons. The summed E-state index contributed by atoms with van der Waals surface area (Å²) < 4.78 is 1.51. The van der Waals surface area contributed by atoms with Crippen LogP contribution < -0.4 is 0 Å². The Morgan fingerprint density at radius 3 is 2.50 bits per heavy atom. The quantitative estimate of drug-likeness (QED) is 0.825. The van der Waals surface area contributed by atoms with Crippen molar-refractivity contribution in [2.75, 3.05) is 0 Å². The van der Waals surface area contributed by atoms with E-state index in [1.807, 2.05) is 24.3 Å². The van der Waals surface area contributed by atoms with Crippen molar-refractivity contribution in [2.24, 2.45) is 5.41 Å². The maximum atomic E-state index is 11.4. The van der Waals surface area contributed by atoms with Crippen molar-refractivity contribution in [1.29, 1.82) is 0 Å². The van der Waals surface area contributed by atoms with Crippen LogP contribution in [0.2, 0.25) is 0 Å². The summed E-state index contributed by atoms with van der Waals surface area (Å²) in [4.78, 5) is 26.9. The van der Waals surface area contributed by atoms with Gasteiger partial charge in [0.15, 0.2) is 4.34 Å². The number of para-hydroxylation sites is 1. The van der Waals surface area contributed by atoms with Gasteiger partial charge in [0.05, 0.1) is 15.6 Å². The number of carboxylic acid groups (broad SMARTS) is 2. The lowest BCUT2D eigenvalue weighted by Gasteiger charge is -2.25. The van der Waals surface area contributed by atoms with E-state index in [-0.39, 0.29) is 0 Å². The summed E-state index contributed by atoms with van der Waals surface area (Å²) in [5.41, 5.74) is -0.591. The lowest BCUT2D eigenvalue weighted by atomic mass is 9.89. The summed E-state index contributed by atoms with van der Waals surface area (Å²) in [6, 6.07) is 7.47. The summed E-state index contributed by atoms with van der Waals surface area (Å²) in [5, 5.41) is 17.4. The van der Waals surface area contributed by atoms with Crippen LogP contribution >= 0.6 is 23.1 Å². The Bertz CT molecular complexity index is 632. The summed E-state index contributed by atoms with van der Waals surface area (Å²) in [6.45, 7) is 2.82. The lowest BCUT2D eigenvalue weighted by Crippen LogP contribution is -2.40. The Balaban J connectivity index is 2.33. The molecule has 0 aliphatic heterocycles. The molecule has 1 heterocycles. The highest BCUT2D eigenvalue weighted by molar-refractivity contribution is 8.02. The van der Waals surface area contributed by atoms with Crippen LogP contribution in [0.1, 0.15) is 13.8 Å². The second kappa shape index (κ2) is 5.41. The molecule has 7 heteroatoms. The first kappa shape index (κ1) is 14.8. The van der Waals surface area contributed by atoms with Crippen LogP contribution in [0, 0.1) is 5.41 Å². The predicted molar refractivity (Wildman–Crippen MR) is 78.3 cm³/mol. The van der Waals surface area contributed by atoms with Gasteiger partial charge in [-0.1, -0.05) is 23.9 Å². The molecule has 5 nitrogen and oxygen atoms in total. The van der Waals surface area contributed by atoms with E-state index in [0.717, 1.165) is 22.0 Å². The first-order valence-electron chi connectivity index (χ1n) is 5.81. The smallest absolute Gasteiger partial charge is 0.318 e. The summed E-state index contributed by atoms with van der Waals surface area (Å²) in [6.07, 6.45) is 0. The molecule has 2 rings (SSSR count). The number of carboxylic acids is 2. The van der Waals surface area contributed by atoms with E-state index >= 15 is 0 Å². The largest absolute Gasteiger partial charge is 0.481 e. The maximum absolute atomic E-state index is 11.4. The molecule has 0 aliphatic carbocycles. The average molecular weight is 311 g/mol. The van der Waals surface area contributed by atoms with Gasteiger partial charge in [-0.2, -0.15) is 0 Å². The Kier molecular flexibility index (Phi) is 4.01. The fourth-order valence-corrected chi connectivity index (χ4v) is 3.92. The number of fused-ring (bicyclic) bond motifs is 1. The van der Waals surface area contributed by atoms with Gasteiger partial charge in [-0.3, -0.25) is 9.59 Å². The molecule has 1 aromatic heterocycles. The fraction of sp³-hybridized carbons (Fsp3) is 0.308. The van der Waals surface area contributed by atoms with E-state index in [0.29, 0.717) is 4.34 Å². The SMILES string of the molecule is CC(C)(C(=O)O)C(Sc1nc2ccccc2s1)C(=O)O. The van der Waals surface area contributed by atoms with Crippen LogP contribution in [0.15, 0.2) is 28.6 Å². The molecule has 1 atom stereocenters. The van der Waals surface area contributed by atoms with Gasteiger partial charge >= 0.3 is 11.9 Å². The fourth-order valence-electron chi connectivity index (χ4n) is 1.62. The zero-order valence-electron chi connectivity index (χ0n) is 10.9. The highest BCUT2D eigenvalue weighted by Gasteiger charge is 2.43. The van der Waals surface area contributed by atoms with E-state index < -0.39 is 22.6 Å². The van der Waals surface area contributed by atoms with Gasteiger partial charge < -0.3 is 10.2 Å². The van der Waals surface area contributed by atoms with E-state index in [1.165, 1.54) is 25.2 Å². The predicted octanol–water partition coefficient (Wildman–Crippen LogP) is 2.95. The number of carbonyl (C=O) groups is 2. The molecule has 0 saturated heterocycles. The summed E-state index contributed by atoms with van der Waals surface area (Å²) in [5.74, 6) is -2.29. The number of aliphatic carboxylic acids is 2. The third kappa shape index (κ3) is 2.78. The number of hydrogen-bond acceptors (Lipinski definition) is 5. The molecule has 0 bridgehead atoms. The van der Waals surface area contributed by atoms with Crippen molar-refractivity contribution in [3.63, 3.8) is 0 Å². The molecule has 0 aliphatic rings. The minimum Gasteiger partial charge on any atom is -0.481 e. The summed E-state index contributed by atoms with van der Waals surface area (Å²) in [7, 11) is 0. The van der Waals surface area contributed by atoms with Gasteiger partial charge in [0.1, 0.15) is 5.25 Å². The molecule has 2 aromatic rings. The molecular weight excluding hydrogens is 298 g/mol. The lowest BCUT2D eigenvalue weighted by molar-refractivity contribution is -0.152. The minimum atomic E-state index is -1.38. The molecule has 20 heavy (non-hydrogen) atoms. The first-order chi connectivity index (χ1) is 9.32. The number of thiazole rings is 1. The van der Waals surface area contributed by atoms with Crippen molar-refractivity contribution in [1.82, 2.24) is 4.98 Å². The van der Waals surface area contributed by atoms with Crippen LogP contribution in [0.3, 0.4) is 0 Å². The van der Waals surface area contributed by atoms with Gasteiger partial charge in [0.25, 0.3) is 0 Å². The second-order valence-electron chi connectivity index (χ2n) is 4.81. The van der Waals surface area contributed by atoms with Crippen LogP contribution in [-0.4, -0.2) is 32.4 Å². The summed E-state index contributed by atoms with van der Waals surface area (Å²) >= 11 is 2.35. The van der Waals surface area contributed by atoms with Crippen molar-refractivity contribution >= 4 is 45.3 Å². The topological polar surface area (TPSA) is 87.5 Å². The van der Waals surface area contributed by atoms with Crippen LogP contribution in [0.4, 0.5) is 0 Å². The zero-order valence-corrected chi connectivity index (χ0v) is 12.5. The van der Waals surface area contributed by atoms with Gasteiger partial charge in [0, 0.05) is 0 Å². The second-order valence-corrected chi connectivity index (χ2v) is 7.19. The normalized spacial score (nSPS) is 13.3. The van der Waals surface area contributed by atoms with Crippen molar-refractivity contribution in [3.05, 3.63) is 24.3 Å². The van der Waals surface area contributed by atoms with Gasteiger partial charge in [0.2, 0.25) is 0 Å². The average Bonchev–Trinajstić information content (AvgIpc) is 2.77. The Morgan fingerprint density at radius 1 is 1.30 bits per heavy atom. The standard InChI is InChI=1S/C13H13NO4S2/c1-13(2,11(17)18)9(10(15)16)20-12-14-7-5-3-4-6-8(7)19-12/h3-6,9H,1-2H3,(H,15,16)(H,17,18). The molecule has 1 aromatic carbocycles. The number of rotatable bonds is 5. The third-order valence-corrected chi connectivity index (χ3v) is 5.61. The van der Waals surface area contributed by atoms with Crippen LogP contribution in [0.25, 0.3) is 10.2 Å². The van der Waals surface area contributed by atoms with Crippen molar-refractivity contribution < 1.29 is 19.8 Å². The molecule has 0 fully saturated rings. The number of hydrogen-bond donors (Lipinski definition) is 2. The number of thioether (sulfide) groups is 1. The molecule has 0 amide bonds. The third-order valence-electron chi connectivity index (χ3n) is 2.92. The Labute approximate surface area is 123 Å². The van der Waals surface area contributed by atoms with Crippen molar-refractivity contribution in [2.45, 2.75) is 23.4 Å². The molecule has 2 N–H and O–H groups in total. The van der Waals surface area contributed by atoms with Crippen molar-refractivity contribution in [3.8, 4) is 0 Å². The Morgan fingerprint density at radius 2 is 1.95 bits per heavy atom. The van der Waals surface area contributed by atoms with E-state index in [9.17, 15) is 19.8 Å². The van der Waals surface area contributed by atoms with E-state index in [4.69, 9.17) is 0 Å². The zero-order chi connectivity index (χ0) is 14.9. The highest BCUT2D eigenvalue weighted by atomic mass is 32.2. The Hall–Kier alpha value is -1.60. The van der Waals surface area contributed by atoms with E-state index in [2.05, 4.69) is 4.98 Å². The monoisotopic (exact) mass is 311 g/mol. The maximum Gasteiger partial charge on any atom is 0.318 e. The number of benzene rings is 1. The van der Waals surface area contributed by atoms with Gasteiger partial charge in [-0.05, 0) is 26.0 Å². The molecule has 0 saturated carbocycles. The molecule has 0 spiro atoms. The number of aromatic nitrogens is 1. The van der Waals surface area contributed by atoms with Gasteiger partial charge in [-0.15, -0.1) is 11.3 Å². The molecule has 0 radical (unpaired) electrons. The minimum absolute atomic E-state index is 0.563. The first-order valence-corrected chi connectivity index (χ1v) is 7.50.